The molecule has 2 nitrogen and oxygen atoms in total. The van der Waals surface area contributed by atoms with E-state index in [2.05, 4.69) is 4.98 Å². The second kappa shape index (κ2) is 2.94. The Labute approximate surface area is 76.5 Å². The molecule has 1 saturated carbocycles. The third-order valence-corrected chi connectivity index (χ3v) is 2.23. The minimum atomic E-state index is 0.385. The van der Waals surface area contributed by atoms with E-state index in [0.717, 1.165) is 23.4 Å². The van der Waals surface area contributed by atoms with Gasteiger partial charge in [-0.15, -0.1) is 0 Å². The summed E-state index contributed by atoms with van der Waals surface area (Å²) >= 11 is 5.90. The van der Waals surface area contributed by atoms with Crippen LogP contribution in [0.3, 0.4) is 0 Å². The Morgan fingerprint density at radius 2 is 2.33 bits per heavy atom. The zero-order valence-corrected chi connectivity index (χ0v) is 7.64. The molecule has 1 aliphatic carbocycles. The molecule has 0 saturated heterocycles. The first-order chi connectivity index (χ1) is 5.75. The third kappa shape index (κ3) is 1.69. The molecule has 0 aromatic carbocycles. The van der Waals surface area contributed by atoms with Crippen LogP contribution in [0.25, 0.3) is 0 Å². The third-order valence-electron chi connectivity index (χ3n) is 1.82. The lowest BCUT2D eigenvalue weighted by molar-refractivity contribution is 0.291. The van der Waals surface area contributed by atoms with Crippen LogP contribution in [0.15, 0.2) is 12.3 Å². The maximum atomic E-state index is 5.90. The lowest BCUT2D eigenvalue weighted by Gasteiger charge is -2.03. The predicted octanol–water partition coefficient (Wildman–Crippen LogP) is 2.58. The van der Waals surface area contributed by atoms with Gasteiger partial charge in [-0.05, 0) is 25.3 Å². The molecule has 0 aliphatic heterocycles. The van der Waals surface area contributed by atoms with Gasteiger partial charge in [0.15, 0.2) is 0 Å². The highest BCUT2D eigenvalue weighted by Gasteiger charge is 2.24. The summed E-state index contributed by atoms with van der Waals surface area (Å²) in [5.41, 5.74) is 0.986. The van der Waals surface area contributed by atoms with Gasteiger partial charge in [0, 0.05) is 12.3 Å². The molecule has 1 heterocycles. The van der Waals surface area contributed by atoms with Crippen molar-refractivity contribution in [2.75, 3.05) is 0 Å². The van der Waals surface area contributed by atoms with Gasteiger partial charge in [-0.2, -0.15) is 0 Å². The van der Waals surface area contributed by atoms with Crippen LogP contribution in [-0.2, 0) is 0 Å². The van der Waals surface area contributed by atoms with Crippen molar-refractivity contribution >= 4 is 11.6 Å². The van der Waals surface area contributed by atoms with Crippen molar-refractivity contribution < 1.29 is 4.74 Å². The van der Waals surface area contributed by atoms with Crippen LogP contribution in [0.1, 0.15) is 18.4 Å². The smallest absolute Gasteiger partial charge is 0.214 e. The first kappa shape index (κ1) is 7.87. The van der Waals surface area contributed by atoms with Crippen LogP contribution in [0.4, 0.5) is 0 Å². The Morgan fingerprint density at radius 3 is 2.92 bits per heavy atom. The lowest BCUT2D eigenvalue weighted by Crippen LogP contribution is -1.98. The first-order valence-electron chi connectivity index (χ1n) is 4.04. The summed E-state index contributed by atoms with van der Waals surface area (Å²) < 4.78 is 5.47. The van der Waals surface area contributed by atoms with Crippen LogP contribution in [0.5, 0.6) is 5.88 Å². The fourth-order valence-corrected chi connectivity index (χ4v) is 1.04. The van der Waals surface area contributed by atoms with Crippen LogP contribution in [0, 0.1) is 6.92 Å². The molecular weight excluding hydrogens is 174 g/mol. The summed E-state index contributed by atoms with van der Waals surface area (Å²) in [7, 11) is 0. The topological polar surface area (TPSA) is 22.1 Å². The molecule has 1 aromatic rings. The molecule has 1 aromatic heterocycles. The van der Waals surface area contributed by atoms with E-state index in [1.807, 2.05) is 6.92 Å². The molecular formula is C9H10ClNO. The van der Waals surface area contributed by atoms with Crippen molar-refractivity contribution in [3.05, 3.63) is 22.8 Å². The van der Waals surface area contributed by atoms with E-state index in [9.17, 15) is 0 Å². The van der Waals surface area contributed by atoms with Crippen LogP contribution >= 0.6 is 11.6 Å². The Bertz CT molecular complexity index is 297. The number of hydrogen-bond acceptors (Lipinski definition) is 2. The standard InChI is InChI=1S/C9H10ClNO/c1-6-5-11-9(4-8(6)10)12-7-2-3-7/h4-5,7H,2-3H2,1H3. The molecule has 0 spiro atoms. The molecule has 2 rings (SSSR count). The highest BCUT2D eigenvalue weighted by atomic mass is 35.5. The van der Waals surface area contributed by atoms with Crippen LogP contribution in [0.2, 0.25) is 5.02 Å². The largest absolute Gasteiger partial charge is 0.474 e. The maximum absolute atomic E-state index is 5.90. The Morgan fingerprint density at radius 1 is 1.58 bits per heavy atom. The summed E-state index contributed by atoms with van der Waals surface area (Å²) in [6, 6.07) is 1.77. The molecule has 0 N–H and O–H groups in total. The zero-order valence-electron chi connectivity index (χ0n) is 6.88. The molecule has 0 bridgehead atoms. The Kier molecular flexibility index (Phi) is 1.93. The minimum Gasteiger partial charge on any atom is -0.474 e. The minimum absolute atomic E-state index is 0.385. The number of halogens is 1. The number of aromatic nitrogens is 1. The molecule has 3 heteroatoms. The fraction of sp³-hybridized carbons (Fsp3) is 0.444. The number of ether oxygens (including phenoxy) is 1. The van der Waals surface area contributed by atoms with Gasteiger partial charge >= 0.3 is 0 Å². The molecule has 64 valence electrons. The van der Waals surface area contributed by atoms with Crippen LogP contribution in [-0.4, -0.2) is 11.1 Å². The van der Waals surface area contributed by atoms with Gasteiger partial charge in [-0.1, -0.05) is 11.6 Å². The van der Waals surface area contributed by atoms with Crippen molar-refractivity contribution in [2.45, 2.75) is 25.9 Å². The fourth-order valence-electron chi connectivity index (χ4n) is 0.903. The molecule has 0 unspecified atom stereocenters. The van der Waals surface area contributed by atoms with Gasteiger partial charge < -0.3 is 4.74 Å². The van der Waals surface area contributed by atoms with E-state index in [4.69, 9.17) is 16.3 Å². The van der Waals surface area contributed by atoms with Crippen molar-refractivity contribution in [1.29, 1.82) is 0 Å². The summed E-state index contributed by atoms with van der Waals surface area (Å²) in [5, 5.41) is 0.723. The number of rotatable bonds is 2. The first-order valence-corrected chi connectivity index (χ1v) is 4.42. The van der Waals surface area contributed by atoms with Crippen LogP contribution < -0.4 is 4.74 Å². The lowest BCUT2D eigenvalue weighted by atomic mass is 10.3. The number of hydrogen-bond donors (Lipinski definition) is 0. The summed E-state index contributed by atoms with van der Waals surface area (Å²) in [6.45, 7) is 1.93. The SMILES string of the molecule is Cc1cnc(OC2CC2)cc1Cl. The van der Waals surface area contributed by atoms with E-state index in [1.165, 1.54) is 0 Å². The molecule has 1 fully saturated rings. The second-order valence-electron chi connectivity index (χ2n) is 3.09. The molecule has 0 amide bonds. The van der Waals surface area contributed by atoms with Crippen molar-refractivity contribution in [3.8, 4) is 5.88 Å². The molecule has 1 aliphatic rings. The van der Waals surface area contributed by atoms with Gasteiger partial charge in [0.2, 0.25) is 5.88 Å². The average Bonchev–Trinajstić information content (AvgIpc) is 2.81. The van der Waals surface area contributed by atoms with Crippen molar-refractivity contribution in [1.82, 2.24) is 4.98 Å². The normalized spacial score (nSPS) is 16.2. The monoisotopic (exact) mass is 183 g/mol. The number of nitrogens with zero attached hydrogens (tertiary/aromatic N) is 1. The summed E-state index contributed by atoms with van der Waals surface area (Å²) in [4.78, 5) is 4.11. The Balaban J connectivity index is 2.15. The zero-order chi connectivity index (χ0) is 8.55. The summed E-state index contributed by atoms with van der Waals surface area (Å²) in [6.07, 6.45) is 4.41. The van der Waals surface area contributed by atoms with E-state index in [1.54, 1.807) is 12.3 Å². The van der Waals surface area contributed by atoms with E-state index in [-0.39, 0.29) is 0 Å². The quantitative estimate of drug-likeness (QED) is 0.703. The second-order valence-corrected chi connectivity index (χ2v) is 3.50. The molecule has 0 atom stereocenters. The molecule has 12 heavy (non-hydrogen) atoms. The van der Waals surface area contributed by atoms with Gasteiger partial charge in [0.1, 0.15) is 6.10 Å². The highest BCUT2D eigenvalue weighted by molar-refractivity contribution is 6.31. The predicted molar refractivity (Wildman–Crippen MR) is 47.6 cm³/mol. The van der Waals surface area contributed by atoms with E-state index >= 15 is 0 Å². The van der Waals surface area contributed by atoms with Gasteiger partial charge in [-0.25, -0.2) is 4.98 Å². The summed E-state index contributed by atoms with van der Waals surface area (Å²) in [5.74, 6) is 0.646. The van der Waals surface area contributed by atoms with Gasteiger partial charge in [0.25, 0.3) is 0 Å². The number of pyridine rings is 1. The van der Waals surface area contributed by atoms with Gasteiger partial charge in [0.05, 0.1) is 5.02 Å². The van der Waals surface area contributed by atoms with Gasteiger partial charge in [-0.3, -0.25) is 0 Å². The number of aryl methyl sites for hydroxylation is 1. The van der Waals surface area contributed by atoms with Crippen molar-refractivity contribution in [3.63, 3.8) is 0 Å². The highest BCUT2D eigenvalue weighted by Crippen LogP contribution is 2.27. The maximum Gasteiger partial charge on any atom is 0.214 e. The molecule has 0 radical (unpaired) electrons. The average molecular weight is 184 g/mol. The van der Waals surface area contributed by atoms with E-state index < -0.39 is 0 Å². The van der Waals surface area contributed by atoms with Crippen molar-refractivity contribution in [2.24, 2.45) is 0 Å². The van der Waals surface area contributed by atoms with E-state index in [0.29, 0.717) is 12.0 Å². The Hall–Kier alpha value is -0.760.